The van der Waals surface area contributed by atoms with Gasteiger partial charge in [-0.3, -0.25) is 10.5 Å². The molecule has 1 aromatic carbocycles. The number of aryl methyl sites for hydroxylation is 1. The monoisotopic (exact) mass is 306 g/mol. The molecule has 21 heavy (non-hydrogen) atoms. The first-order valence-electron chi connectivity index (χ1n) is 7.16. The Bertz CT molecular complexity index is 603. The van der Waals surface area contributed by atoms with Gasteiger partial charge in [-0.1, -0.05) is 36.7 Å². The maximum Gasteiger partial charge on any atom is 0.125 e. The lowest BCUT2D eigenvalue weighted by Gasteiger charge is -2.24. The van der Waals surface area contributed by atoms with E-state index in [1.807, 2.05) is 22.9 Å². The van der Waals surface area contributed by atoms with Crippen molar-refractivity contribution in [2.24, 2.45) is 5.84 Å². The second-order valence-corrected chi connectivity index (χ2v) is 5.62. The van der Waals surface area contributed by atoms with E-state index in [9.17, 15) is 0 Å². The molecule has 0 amide bonds. The second kappa shape index (κ2) is 6.05. The molecule has 2 atom stereocenters. The molecule has 1 aliphatic heterocycles. The minimum atomic E-state index is -0.195. The van der Waals surface area contributed by atoms with Crippen LogP contribution in [0.15, 0.2) is 30.5 Å². The average molecular weight is 307 g/mol. The van der Waals surface area contributed by atoms with E-state index >= 15 is 0 Å². The van der Waals surface area contributed by atoms with E-state index in [0.29, 0.717) is 5.02 Å². The van der Waals surface area contributed by atoms with Crippen molar-refractivity contribution in [3.63, 3.8) is 0 Å². The van der Waals surface area contributed by atoms with E-state index in [1.165, 1.54) is 5.56 Å². The van der Waals surface area contributed by atoms with Crippen molar-refractivity contribution in [1.82, 2.24) is 15.2 Å². The zero-order valence-electron chi connectivity index (χ0n) is 11.9. The minimum absolute atomic E-state index is 0.0859. The smallest absolute Gasteiger partial charge is 0.125 e. The summed E-state index contributed by atoms with van der Waals surface area (Å²) < 4.78 is 7.93. The van der Waals surface area contributed by atoms with E-state index in [1.54, 1.807) is 6.20 Å². The van der Waals surface area contributed by atoms with Gasteiger partial charge in [-0.15, -0.1) is 0 Å². The van der Waals surface area contributed by atoms with Crippen LogP contribution in [0, 0.1) is 0 Å². The van der Waals surface area contributed by atoms with Gasteiger partial charge in [-0.2, -0.15) is 5.10 Å². The van der Waals surface area contributed by atoms with Gasteiger partial charge in [-0.25, -0.2) is 5.43 Å². The molecule has 1 aromatic heterocycles. The highest BCUT2D eigenvalue weighted by atomic mass is 35.5. The van der Waals surface area contributed by atoms with Crippen LogP contribution < -0.4 is 16.0 Å². The number of nitrogens with zero attached hydrogens (tertiary/aromatic N) is 2. The molecule has 1 aliphatic rings. The number of hydrogen-bond acceptors (Lipinski definition) is 4. The largest absolute Gasteiger partial charge is 0.488 e. The van der Waals surface area contributed by atoms with Gasteiger partial charge >= 0.3 is 0 Å². The fraction of sp³-hybridized carbons (Fsp3) is 0.400. The van der Waals surface area contributed by atoms with Crippen LogP contribution in [0.1, 0.15) is 30.6 Å². The molecule has 0 bridgehead atoms. The second-order valence-electron chi connectivity index (χ2n) is 5.21. The first-order chi connectivity index (χ1) is 10.2. The van der Waals surface area contributed by atoms with Crippen molar-refractivity contribution >= 4 is 11.6 Å². The summed E-state index contributed by atoms with van der Waals surface area (Å²) in [6.45, 7) is 2.91. The van der Waals surface area contributed by atoms with Crippen LogP contribution in [0.4, 0.5) is 0 Å². The highest BCUT2D eigenvalue weighted by molar-refractivity contribution is 6.31. The third kappa shape index (κ3) is 2.64. The van der Waals surface area contributed by atoms with E-state index in [-0.39, 0.29) is 12.1 Å². The Morgan fingerprint density at radius 1 is 1.52 bits per heavy atom. The number of nitrogens with two attached hydrogens (primary N) is 1. The van der Waals surface area contributed by atoms with Crippen LogP contribution in [0.25, 0.3) is 0 Å². The van der Waals surface area contributed by atoms with E-state index in [2.05, 4.69) is 23.5 Å². The van der Waals surface area contributed by atoms with Crippen molar-refractivity contribution in [2.45, 2.75) is 38.5 Å². The van der Waals surface area contributed by atoms with Crippen molar-refractivity contribution < 1.29 is 4.74 Å². The predicted octanol–water partition coefficient (Wildman–Crippen LogP) is 2.45. The lowest BCUT2D eigenvalue weighted by atomic mass is 10.0. The van der Waals surface area contributed by atoms with Crippen molar-refractivity contribution in [3.05, 3.63) is 46.7 Å². The molecule has 0 saturated carbocycles. The van der Waals surface area contributed by atoms with Crippen LogP contribution in [-0.4, -0.2) is 15.9 Å². The highest BCUT2D eigenvalue weighted by Gasteiger charge is 2.34. The molecule has 0 fully saturated rings. The Balaban J connectivity index is 1.89. The first-order valence-corrected chi connectivity index (χ1v) is 7.54. The van der Waals surface area contributed by atoms with E-state index in [4.69, 9.17) is 22.2 Å². The zero-order valence-corrected chi connectivity index (χ0v) is 12.7. The van der Waals surface area contributed by atoms with Gasteiger partial charge < -0.3 is 4.74 Å². The number of fused-ring (bicyclic) bond motifs is 1. The van der Waals surface area contributed by atoms with Crippen LogP contribution in [0.2, 0.25) is 5.02 Å². The SMILES string of the molecule is CCCn1ncc(Cl)c1C(NN)C1Cc2ccccc2O1. The van der Waals surface area contributed by atoms with Gasteiger partial charge in [0.2, 0.25) is 0 Å². The summed E-state index contributed by atoms with van der Waals surface area (Å²) in [7, 11) is 0. The Labute approximate surface area is 129 Å². The summed E-state index contributed by atoms with van der Waals surface area (Å²) in [6, 6.07) is 7.85. The van der Waals surface area contributed by atoms with Gasteiger partial charge in [-0.05, 0) is 18.1 Å². The summed E-state index contributed by atoms with van der Waals surface area (Å²) in [6.07, 6.45) is 3.36. The van der Waals surface area contributed by atoms with Crippen LogP contribution in [0.5, 0.6) is 5.75 Å². The number of aromatic nitrogens is 2. The number of rotatable bonds is 5. The molecule has 3 rings (SSSR count). The Morgan fingerprint density at radius 2 is 2.33 bits per heavy atom. The Hall–Kier alpha value is -1.56. The fourth-order valence-corrected chi connectivity index (χ4v) is 3.09. The number of nitrogens with one attached hydrogen (secondary N) is 1. The van der Waals surface area contributed by atoms with Crippen molar-refractivity contribution in [3.8, 4) is 5.75 Å². The predicted molar refractivity (Wildman–Crippen MR) is 82.2 cm³/mol. The molecule has 2 heterocycles. The molecular weight excluding hydrogens is 288 g/mol. The van der Waals surface area contributed by atoms with Crippen molar-refractivity contribution in [1.29, 1.82) is 0 Å². The van der Waals surface area contributed by atoms with Crippen molar-refractivity contribution in [2.75, 3.05) is 0 Å². The van der Waals surface area contributed by atoms with Gasteiger partial charge in [0.1, 0.15) is 17.9 Å². The normalized spacial score (nSPS) is 18.3. The zero-order chi connectivity index (χ0) is 14.8. The first kappa shape index (κ1) is 14.4. The maximum absolute atomic E-state index is 6.31. The van der Waals surface area contributed by atoms with Crippen LogP contribution >= 0.6 is 11.6 Å². The Kier molecular flexibility index (Phi) is 4.14. The summed E-state index contributed by atoms with van der Waals surface area (Å²) in [5.74, 6) is 6.70. The number of hydrazine groups is 1. The van der Waals surface area contributed by atoms with E-state index < -0.39 is 0 Å². The number of ether oxygens (including phenoxy) is 1. The van der Waals surface area contributed by atoms with Gasteiger partial charge in [0.15, 0.2) is 0 Å². The molecule has 112 valence electrons. The number of halogens is 1. The quantitative estimate of drug-likeness (QED) is 0.658. The molecule has 2 aromatic rings. The molecule has 3 N–H and O–H groups in total. The van der Waals surface area contributed by atoms with Gasteiger partial charge in [0.25, 0.3) is 0 Å². The molecular formula is C15H19ClN4O. The maximum atomic E-state index is 6.31. The molecule has 0 aliphatic carbocycles. The number of para-hydroxylation sites is 1. The summed E-state index contributed by atoms with van der Waals surface area (Å²) in [4.78, 5) is 0. The minimum Gasteiger partial charge on any atom is -0.488 e. The van der Waals surface area contributed by atoms with Crippen LogP contribution in [-0.2, 0) is 13.0 Å². The molecule has 5 nitrogen and oxygen atoms in total. The third-order valence-electron chi connectivity index (χ3n) is 3.79. The Morgan fingerprint density at radius 3 is 3.05 bits per heavy atom. The number of hydrogen-bond donors (Lipinski definition) is 2. The number of benzene rings is 1. The third-order valence-corrected chi connectivity index (χ3v) is 4.08. The average Bonchev–Trinajstić information content (AvgIpc) is 3.06. The molecule has 0 radical (unpaired) electrons. The molecule has 2 unspecified atom stereocenters. The van der Waals surface area contributed by atoms with Gasteiger partial charge in [0.05, 0.1) is 16.9 Å². The fourth-order valence-electron chi connectivity index (χ4n) is 2.83. The molecule has 0 spiro atoms. The highest BCUT2D eigenvalue weighted by Crippen LogP contribution is 2.35. The standard InChI is InChI=1S/C15H19ClN4O/c1-2-7-20-15(11(16)9-18-20)14(19-17)13-8-10-5-3-4-6-12(10)21-13/h3-6,9,13-14,19H,2,7-8,17H2,1H3. The van der Waals surface area contributed by atoms with E-state index in [0.717, 1.165) is 30.8 Å². The van der Waals surface area contributed by atoms with Crippen LogP contribution in [0.3, 0.4) is 0 Å². The van der Waals surface area contributed by atoms with Gasteiger partial charge in [0, 0.05) is 13.0 Å². The molecule has 6 heteroatoms. The summed E-state index contributed by atoms with van der Waals surface area (Å²) in [5.41, 5.74) is 4.93. The summed E-state index contributed by atoms with van der Waals surface area (Å²) >= 11 is 6.31. The molecule has 0 saturated heterocycles. The lowest BCUT2D eigenvalue weighted by molar-refractivity contribution is 0.173. The lowest BCUT2D eigenvalue weighted by Crippen LogP contribution is -2.40. The summed E-state index contributed by atoms with van der Waals surface area (Å²) in [5, 5.41) is 4.95. The topological polar surface area (TPSA) is 65.1 Å².